The molecule has 3 aliphatic heterocycles. The lowest BCUT2D eigenvalue weighted by Gasteiger charge is -2.39. The molecule has 0 unspecified atom stereocenters. The van der Waals surface area contributed by atoms with Crippen molar-refractivity contribution in [1.82, 2.24) is 30.4 Å². The van der Waals surface area contributed by atoms with E-state index in [2.05, 4.69) is 21.3 Å². The van der Waals surface area contributed by atoms with Crippen molar-refractivity contribution in [2.75, 3.05) is 57.2 Å². The molecule has 30 heteroatoms. The summed E-state index contributed by atoms with van der Waals surface area (Å²) in [5.74, 6) is -5.24. The Labute approximate surface area is 500 Å². The maximum Gasteiger partial charge on any atom is 0.410 e. The summed E-state index contributed by atoms with van der Waals surface area (Å²) in [4.78, 5) is 99.5. The van der Waals surface area contributed by atoms with Gasteiger partial charge in [-0.3, -0.25) is 28.5 Å². The molecule has 0 radical (unpaired) electrons. The van der Waals surface area contributed by atoms with Gasteiger partial charge in [-0.1, -0.05) is 45.0 Å². The second kappa shape index (κ2) is 29.2. The Bertz CT molecular complexity index is 3360. The van der Waals surface area contributed by atoms with Crippen molar-refractivity contribution in [3.8, 4) is 17.1 Å². The Hall–Kier alpha value is -7.23. The van der Waals surface area contributed by atoms with Gasteiger partial charge in [0.1, 0.15) is 61.5 Å². The van der Waals surface area contributed by atoms with Crippen molar-refractivity contribution in [1.29, 1.82) is 0 Å². The number of ether oxygens (including phenoxy) is 6. The average molecular weight is 1240 g/mol. The smallest absolute Gasteiger partial charge is 0.410 e. The van der Waals surface area contributed by atoms with E-state index in [-0.39, 0.29) is 101 Å². The Morgan fingerprint density at radius 2 is 1.62 bits per heavy atom. The van der Waals surface area contributed by atoms with Gasteiger partial charge in [0.2, 0.25) is 29.9 Å². The lowest BCUT2D eigenvalue weighted by Crippen LogP contribution is -2.60. The zero-order valence-electron chi connectivity index (χ0n) is 48.9. The van der Waals surface area contributed by atoms with Crippen LogP contribution in [0.15, 0.2) is 53.3 Å². The number of esters is 1. The number of anilines is 1. The van der Waals surface area contributed by atoms with Gasteiger partial charge in [0.05, 0.1) is 73.5 Å². The van der Waals surface area contributed by atoms with Crippen LogP contribution in [0.2, 0.25) is 0 Å². The lowest BCUT2D eigenvalue weighted by molar-refractivity contribution is -0.277. The molecule has 3 aliphatic rings. The number of benzene rings is 2. The number of rotatable bonds is 28. The number of nitrogens with one attached hydrogen (secondary N) is 4. The number of amides is 5. The van der Waals surface area contributed by atoms with Gasteiger partial charge in [-0.15, -0.1) is 0 Å². The van der Waals surface area contributed by atoms with E-state index in [0.29, 0.717) is 22.5 Å². The molecule has 5 amide bonds. The molecule has 5 heterocycles. The van der Waals surface area contributed by atoms with Gasteiger partial charge in [0.25, 0.3) is 15.7 Å². The molecular weight excluding hydrogens is 1160 g/mol. The summed E-state index contributed by atoms with van der Waals surface area (Å²) in [5.41, 5.74) is 6.69. The largest absolute Gasteiger partial charge is 0.460 e. The van der Waals surface area contributed by atoms with Crippen LogP contribution in [0, 0.1) is 5.92 Å². The minimum absolute atomic E-state index is 0.00343. The number of fused-ring (bicyclic) bond motifs is 5. The standard InChI is InChI=1S/C57H76N8O21S/c1-7-57(77)37-23-41-46-35(24-65(41)53(74)36(37)27-83-55(57)75)33(34-10-8-9-11-39(34)61-46)14-17-64(30(4)5)56(76)84-26-32-12-13-40(42(22-32)85-54-49(70)48(69)47(68)43(25-66)86-54)62-50(71)31(6)60-52(73)45(29(2)3)63-44(67)15-18-81-20-21-82-19-16-59-51(72)38(58)28-87(78,79)80/h8-13,22-23,29-31,38,43,45,47-49,54,66,68-70,77H,7,14-21,24-28,58H2,1-6H3,(H,59,72)(H,60,73)(H,62,71)(H,63,67)(H,78,79,80)/t31-,38-,43+,45-,47-,48-,49+,54+,57-/m0/s1. The molecule has 2 aromatic carbocycles. The van der Waals surface area contributed by atoms with Crippen molar-refractivity contribution >= 4 is 62.4 Å². The summed E-state index contributed by atoms with van der Waals surface area (Å²) >= 11 is 0. The second-order valence-electron chi connectivity index (χ2n) is 21.9. The average Bonchev–Trinajstić information content (AvgIpc) is 1.64. The lowest BCUT2D eigenvalue weighted by atomic mass is 9.86. The predicted octanol–water partition coefficient (Wildman–Crippen LogP) is -0.813. The highest BCUT2D eigenvalue weighted by Crippen LogP contribution is 2.41. The van der Waals surface area contributed by atoms with Crippen molar-refractivity contribution in [2.24, 2.45) is 11.7 Å². The van der Waals surface area contributed by atoms with Gasteiger partial charge >= 0.3 is 12.1 Å². The maximum atomic E-state index is 14.1. The second-order valence-corrected chi connectivity index (χ2v) is 23.4. The van der Waals surface area contributed by atoms with Gasteiger partial charge in [-0.25, -0.2) is 14.6 Å². The van der Waals surface area contributed by atoms with Gasteiger partial charge in [-0.05, 0) is 74.9 Å². The monoisotopic (exact) mass is 1240 g/mol. The van der Waals surface area contributed by atoms with Crippen LogP contribution < -0.4 is 37.3 Å². The molecule has 29 nitrogen and oxygen atoms in total. The molecule has 0 saturated carbocycles. The van der Waals surface area contributed by atoms with E-state index in [0.717, 1.165) is 16.5 Å². The first kappa shape index (κ1) is 67.3. The third-order valence-electron chi connectivity index (χ3n) is 15.1. The van der Waals surface area contributed by atoms with E-state index in [1.807, 2.05) is 24.3 Å². The predicted molar refractivity (Wildman–Crippen MR) is 308 cm³/mol. The highest BCUT2D eigenvalue weighted by molar-refractivity contribution is 7.85. The van der Waals surface area contributed by atoms with E-state index < -0.39 is 130 Å². The molecule has 0 aliphatic carbocycles. The van der Waals surface area contributed by atoms with E-state index in [1.54, 1.807) is 45.3 Å². The van der Waals surface area contributed by atoms with Crippen LogP contribution in [0.5, 0.6) is 5.75 Å². The van der Waals surface area contributed by atoms with E-state index >= 15 is 0 Å². The molecule has 0 bridgehead atoms. The molecule has 4 aromatic rings. The number of nitrogens with zero attached hydrogens (tertiary/aromatic N) is 3. The van der Waals surface area contributed by atoms with Crippen LogP contribution in [0.3, 0.4) is 0 Å². The van der Waals surface area contributed by atoms with Gasteiger partial charge in [-0.2, -0.15) is 8.42 Å². The van der Waals surface area contributed by atoms with Crippen molar-refractivity contribution in [2.45, 2.75) is 141 Å². The summed E-state index contributed by atoms with van der Waals surface area (Å²) in [6, 6.07) is 9.09. The van der Waals surface area contributed by atoms with E-state index in [9.17, 15) is 67.5 Å². The number of aliphatic hydroxyl groups excluding tert-OH is 4. The first-order valence-electron chi connectivity index (χ1n) is 28.3. The van der Waals surface area contributed by atoms with Crippen LogP contribution in [-0.2, 0) is 89.6 Å². The Morgan fingerprint density at radius 1 is 0.908 bits per heavy atom. The fourth-order valence-corrected chi connectivity index (χ4v) is 10.7. The highest BCUT2D eigenvalue weighted by atomic mass is 32.2. The fourth-order valence-electron chi connectivity index (χ4n) is 10.1. The van der Waals surface area contributed by atoms with E-state index in [4.69, 9.17) is 43.7 Å². The number of carbonyl (C=O) groups is 6. The van der Waals surface area contributed by atoms with Crippen LogP contribution in [0.1, 0.15) is 82.2 Å². The normalized spacial score (nSPS) is 20.8. The zero-order chi connectivity index (χ0) is 63.7. The first-order valence-corrected chi connectivity index (χ1v) is 29.9. The number of para-hydroxylation sites is 1. The Morgan fingerprint density at radius 3 is 2.30 bits per heavy atom. The summed E-state index contributed by atoms with van der Waals surface area (Å²) < 4.78 is 65.7. The van der Waals surface area contributed by atoms with Gasteiger partial charge < -0.3 is 90.4 Å². The number of hydrogen-bond donors (Lipinski definition) is 11. The molecular formula is C57H76N8O21S. The topological polar surface area (TPSA) is 426 Å². The number of nitrogens with two attached hydrogens (primary N) is 1. The van der Waals surface area contributed by atoms with Crippen LogP contribution in [-0.4, -0.2) is 195 Å². The molecule has 7 rings (SSSR count). The first-order chi connectivity index (χ1) is 41.2. The Balaban J connectivity index is 0.985. The molecule has 0 spiro atoms. The number of pyridine rings is 2. The van der Waals surface area contributed by atoms with Crippen molar-refractivity contribution < 1.29 is 95.7 Å². The molecule has 476 valence electrons. The van der Waals surface area contributed by atoms with Crippen LogP contribution in [0.25, 0.3) is 22.3 Å². The van der Waals surface area contributed by atoms with Crippen LogP contribution >= 0.6 is 0 Å². The van der Waals surface area contributed by atoms with Crippen molar-refractivity contribution in [3.63, 3.8) is 0 Å². The van der Waals surface area contributed by atoms with Gasteiger partial charge in [0.15, 0.2) is 5.60 Å². The summed E-state index contributed by atoms with van der Waals surface area (Å²) in [5, 5.41) is 64.3. The molecule has 87 heavy (non-hydrogen) atoms. The quantitative estimate of drug-likeness (QED) is 0.0166. The maximum absolute atomic E-state index is 14.1. The molecule has 12 N–H and O–H groups in total. The Kier molecular flexibility index (Phi) is 22.6. The van der Waals surface area contributed by atoms with Gasteiger partial charge in [0, 0.05) is 42.1 Å². The zero-order valence-corrected chi connectivity index (χ0v) is 49.7. The third-order valence-corrected chi connectivity index (χ3v) is 15.8. The molecule has 1 fully saturated rings. The number of aliphatic hydroxyl groups is 5. The highest BCUT2D eigenvalue weighted by Gasteiger charge is 2.47. The molecule has 2 aromatic heterocycles. The minimum atomic E-state index is -4.44. The molecule has 9 atom stereocenters. The fraction of sp³-hybridized carbons (Fsp3) is 0.544. The minimum Gasteiger partial charge on any atom is -0.460 e. The number of aromatic nitrogens is 2. The summed E-state index contributed by atoms with van der Waals surface area (Å²) in [6.07, 6.45) is -9.13. The van der Waals surface area contributed by atoms with Crippen molar-refractivity contribution in [3.05, 3.63) is 86.7 Å². The number of carbonyl (C=O) groups excluding carboxylic acids is 6. The SMILES string of the molecule is CC[C@@]1(O)C(=O)OCc2c1cc1n(c2=O)Cc2c-1nc1ccccc1c2CCN(C(=O)OCc1ccc(NC(=O)[C@H](C)NC(=O)[C@@H](NC(=O)CCOCCOCCNC(=O)[C@@H](N)CS(=O)(=O)O)C(C)C)c(O[C@@H]2O[C@H](CO)[C@H](O)[C@H](O)[C@H]2O)c1)C(C)C. The van der Waals surface area contributed by atoms with Crippen LogP contribution in [0.4, 0.5) is 10.5 Å². The van der Waals surface area contributed by atoms with E-state index in [1.165, 1.54) is 30.0 Å². The number of cyclic esters (lactones) is 1. The third kappa shape index (κ3) is 16.1. The molecule has 1 saturated heterocycles. The summed E-state index contributed by atoms with van der Waals surface area (Å²) in [6.45, 7) is 8.91. The summed E-state index contributed by atoms with van der Waals surface area (Å²) in [7, 11) is -4.44. The number of hydrogen-bond acceptors (Lipinski definition) is 22.